The summed E-state index contributed by atoms with van der Waals surface area (Å²) in [6, 6.07) is 18.5. The van der Waals surface area contributed by atoms with E-state index in [4.69, 9.17) is 9.68 Å². The Bertz CT molecular complexity index is 841. The molecule has 0 bridgehead atoms. The monoisotopic (exact) mass is 404 g/mol. The zero-order chi connectivity index (χ0) is 21.6. The number of carbonyl (C=O) groups is 2. The smallest absolute Gasteiger partial charge is 0.306 e. The Balaban J connectivity index is 2.06. The van der Waals surface area contributed by atoms with Crippen molar-refractivity contribution in [2.24, 2.45) is 10.3 Å². The lowest BCUT2D eigenvalue weighted by Gasteiger charge is -2.05. The summed E-state index contributed by atoms with van der Waals surface area (Å²) in [7, 11) is 0. The van der Waals surface area contributed by atoms with Crippen LogP contribution in [-0.2, 0) is 19.3 Å². The zero-order valence-electron chi connectivity index (χ0n) is 16.7. The zero-order valence-corrected chi connectivity index (χ0v) is 16.7. The van der Waals surface area contributed by atoms with Crippen LogP contribution < -0.4 is 0 Å². The van der Waals surface area contributed by atoms with Crippen molar-refractivity contribution >= 4 is 23.4 Å². The van der Waals surface area contributed by atoms with E-state index in [1.807, 2.05) is 60.7 Å². The van der Waals surface area contributed by atoms with E-state index in [1.54, 1.807) is 12.2 Å². The molecule has 6 nitrogen and oxygen atoms in total. The van der Waals surface area contributed by atoms with Gasteiger partial charge in [-0.1, -0.05) is 83.1 Å². The molecule has 0 spiro atoms. The second-order valence-corrected chi connectivity index (χ2v) is 6.22. The first-order valence-electron chi connectivity index (χ1n) is 9.54. The van der Waals surface area contributed by atoms with Gasteiger partial charge in [0.15, 0.2) is 0 Å². The first kappa shape index (κ1) is 22.5. The van der Waals surface area contributed by atoms with E-state index < -0.39 is 11.9 Å². The number of allylic oxidation sites excluding steroid dienone is 2. The fraction of sp³-hybridized carbons (Fsp3) is 0.167. The highest BCUT2D eigenvalue weighted by Gasteiger charge is 2.20. The van der Waals surface area contributed by atoms with Crippen LogP contribution in [0.1, 0.15) is 36.8 Å². The van der Waals surface area contributed by atoms with Crippen LogP contribution in [0.4, 0.5) is 0 Å². The Morgan fingerprint density at radius 1 is 0.700 bits per heavy atom. The van der Waals surface area contributed by atoms with Crippen molar-refractivity contribution in [3.8, 4) is 0 Å². The van der Waals surface area contributed by atoms with Gasteiger partial charge >= 0.3 is 11.9 Å². The van der Waals surface area contributed by atoms with Crippen LogP contribution >= 0.6 is 0 Å². The number of rotatable bonds is 10. The average Bonchev–Trinajstić information content (AvgIpc) is 2.80. The molecule has 0 amide bonds. The number of benzene rings is 2. The van der Waals surface area contributed by atoms with Crippen LogP contribution in [-0.4, -0.2) is 23.4 Å². The first-order valence-corrected chi connectivity index (χ1v) is 9.54. The van der Waals surface area contributed by atoms with Gasteiger partial charge in [-0.25, -0.2) is 9.59 Å². The van der Waals surface area contributed by atoms with Gasteiger partial charge in [-0.15, -0.1) is 13.2 Å². The molecule has 154 valence electrons. The molecule has 0 N–H and O–H groups in total. The van der Waals surface area contributed by atoms with E-state index in [0.717, 1.165) is 11.1 Å². The van der Waals surface area contributed by atoms with Crippen molar-refractivity contribution in [3.63, 3.8) is 0 Å². The number of hydrogen-bond acceptors (Lipinski definition) is 6. The Kier molecular flexibility index (Phi) is 9.46. The fourth-order valence-electron chi connectivity index (χ4n) is 2.49. The summed E-state index contributed by atoms with van der Waals surface area (Å²) < 4.78 is 0. The summed E-state index contributed by atoms with van der Waals surface area (Å²) in [5, 5.41) is 7.69. The minimum absolute atomic E-state index is 0.508. The van der Waals surface area contributed by atoms with E-state index in [0.29, 0.717) is 37.1 Å². The van der Waals surface area contributed by atoms with Crippen molar-refractivity contribution in [2.75, 3.05) is 0 Å². The Hall–Kier alpha value is -3.80. The van der Waals surface area contributed by atoms with Gasteiger partial charge in [-0.3, -0.25) is 0 Å². The summed E-state index contributed by atoms with van der Waals surface area (Å²) in [6.07, 6.45) is 5.77. The molecule has 2 rings (SSSR count). The second-order valence-electron chi connectivity index (χ2n) is 6.22. The summed E-state index contributed by atoms with van der Waals surface area (Å²) in [5.74, 6) is -2.50. The third-order valence-corrected chi connectivity index (χ3v) is 4.03. The maximum absolute atomic E-state index is 12.0. The molecule has 0 aliphatic heterocycles. The summed E-state index contributed by atoms with van der Waals surface area (Å²) in [6.45, 7) is 7.36. The number of oxime groups is 2. The SMILES string of the molecule is C=CCC/C(=N/OC(=O)C(=O)O/N=C(/CCC=C)c1ccccc1)c1ccccc1. The lowest BCUT2D eigenvalue weighted by molar-refractivity contribution is -0.167. The molecule has 0 aliphatic rings. The highest BCUT2D eigenvalue weighted by Crippen LogP contribution is 2.09. The molecular weight excluding hydrogens is 380 g/mol. The van der Waals surface area contributed by atoms with Gasteiger partial charge in [-0.2, -0.15) is 0 Å². The lowest BCUT2D eigenvalue weighted by Crippen LogP contribution is -2.18. The number of carbonyl (C=O) groups excluding carboxylic acids is 2. The topological polar surface area (TPSA) is 77.3 Å². The Labute approximate surface area is 176 Å². The highest BCUT2D eigenvalue weighted by molar-refractivity contribution is 6.29. The molecule has 6 heteroatoms. The maximum atomic E-state index is 12.0. The summed E-state index contributed by atoms with van der Waals surface area (Å²) in [5.41, 5.74) is 2.62. The predicted molar refractivity (Wildman–Crippen MR) is 117 cm³/mol. The molecule has 0 aromatic heterocycles. The van der Waals surface area contributed by atoms with Crippen LogP contribution in [0, 0.1) is 0 Å². The Morgan fingerprint density at radius 2 is 1.07 bits per heavy atom. The van der Waals surface area contributed by atoms with Gasteiger partial charge in [-0.05, 0) is 36.8 Å². The van der Waals surface area contributed by atoms with E-state index in [2.05, 4.69) is 23.5 Å². The fourth-order valence-corrected chi connectivity index (χ4v) is 2.49. The molecular formula is C24H24N2O4. The Morgan fingerprint density at radius 3 is 1.40 bits per heavy atom. The molecule has 2 aromatic rings. The molecule has 0 unspecified atom stereocenters. The van der Waals surface area contributed by atoms with E-state index in [1.165, 1.54) is 0 Å². The summed E-state index contributed by atoms with van der Waals surface area (Å²) >= 11 is 0. The van der Waals surface area contributed by atoms with Crippen molar-refractivity contribution in [1.29, 1.82) is 0 Å². The van der Waals surface area contributed by atoms with E-state index >= 15 is 0 Å². The van der Waals surface area contributed by atoms with Crippen molar-refractivity contribution in [2.45, 2.75) is 25.7 Å². The number of hydrogen-bond donors (Lipinski definition) is 0. The summed E-state index contributed by atoms with van der Waals surface area (Å²) in [4.78, 5) is 33.6. The van der Waals surface area contributed by atoms with Gasteiger partial charge in [0.2, 0.25) is 0 Å². The third-order valence-electron chi connectivity index (χ3n) is 4.03. The largest absolute Gasteiger partial charge is 0.445 e. The van der Waals surface area contributed by atoms with Gasteiger partial charge in [0, 0.05) is 0 Å². The molecule has 0 radical (unpaired) electrons. The van der Waals surface area contributed by atoms with Gasteiger partial charge in [0.1, 0.15) is 0 Å². The average molecular weight is 404 g/mol. The molecule has 0 heterocycles. The molecule has 0 saturated heterocycles. The van der Waals surface area contributed by atoms with Crippen molar-refractivity contribution < 1.29 is 19.3 Å². The van der Waals surface area contributed by atoms with Crippen LogP contribution in [0.3, 0.4) is 0 Å². The quantitative estimate of drug-likeness (QED) is 0.187. The second kappa shape index (κ2) is 12.6. The molecule has 30 heavy (non-hydrogen) atoms. The maximum Gasteiger partial charge on any atom is 0.445 e. The standard InChI is InChI=1S/C24H24N2O4/c1-3-5-17-21(19-13-9-7-10-14-19)25-29-23(27)24(28)30-26-22(18-6-4-2)20-15-11-8-12-16-20/h3-4,7-16H,1-2,5-6,17-18H2/b25-21-,26-22-. The molecule has 0 atom stereocenters. The van der Waals surface area contributed by atoms with Crippen LogP contribution in [0.15, 0.2) is 96.3 Å². The minimum atomic E-state index is -1.25. The van der Waals surface area contributed by atoms with Crippen molar-refractivity contribution in [3.05, 3.63) is 97.1 Å². The van der Waals surface area contributed by atoms with Crippen molar-refractivity contribution in [1.82, 2.24) is 0 Å². The first-order chi connectivity index (χ1) is 14.7. The minimum Gasteiger partial charge on any atom is -0.306 e. The van der Waals surface area contributed by atoms with Crippen LogP contribution in [0.25, 0.3) is 0 Å². The predicted octanol–water partition coefficient (Wildman–Crippen LogP) is 4.81. The lowest BCUT2D eigenvalue weighted by atomic mass is 10.1. The van der Waals surface area contributed by atoms with E-state index in [9.17, 15) is 9.59 Å². The van der Waals surface area contributed by atoms with Crippen LogP contribution in [0.2, 0.25) is 0 Å². The van der Waals surface area contributed by atoms with Gasteiger partial charge < -0.3 is 9.68 Å². The normalized spacial score (nSPS) is 11.5. The molecule has 0 fully saturated rings. The van der Waals surface area contributed by atoms with Gasteiger partial charge in [0.05, 0.1) is 11.4 Å². The van der Waals surface area contributed by atoms with E-state index in [-0.39, 0.29) is 0 Å². The third kappa shape index (κ3) is 7.31. The number of nitrogens with zero attached hydrogens (tertiary/aromatic N) is 2. The van der Waals surface area contributed by atoms with Crippen LogP contribution in [0.5, 0.6) is 0 Å². The molecule has 0 saturated carbocycles. The van der Waals surface area contributed by atoms with Gasteiger partial charge in [0.25, 0.3) is 0 Å². The highest BCUT2D eigenvalue weighted by atomic mass is 16.7. The molecule has 2 aromatic carbocycles. The molecule has 0 aliphatic carbocycles.